The Balaban J connectivity index is 3.90. The van der Waals surface area contributed by atoms with Crippen molar-refractivity contribution in [1.29, 1.82) is 0 Å². The number of likely N-dealkylation sites (N-methyl/N-ethyl adjacent to an activating group) is 1. The smallest absolute Gasteiger partial charge is 0.150 e. The highest BCUT2D eigenvalue weighted by Gasteiger charge is 1.90. The van der Waals surface area contributed by atoms with Gasteiger partial charge < -0.3 is 15.5 Å². The van der Waals surface area contributed by atoms with Gasteiger partial charge in [-0.15, -0.1) is 0 Å². The molecule has 0 aliphatic carbocycles. The molecule has 0 aliphatic heterocycles. The molecule has 0 aromatic rings. The Morgan fingerprint density at radius 2 is 2.30 bits per heavy atom. The third-order valence-electron chi connectivity index (χ3n) is 0.782. The number of aliphatic hydroxyl groups excluding tert-OH is 2. The minimum absolute atomic E-state index is 0.250. The molecule has 0 spiro atoms. The van der Waals surface area contributed by atoms with Crippen molar-refractivity contribution in [3.63, 3.8) is 0 Å². The molecule has 3 nitrogen and oxygen atoms in total. The summed E-state index contributed by atoms with van der Waals surface area (Å²) >= 11 is 5.54. The minimum atomic E-state index is -0.250. The van der Waals surface area contributed by atoms with Gasteiger partial charge in [0.25, 0.3) is 0 Å². The topological polar surface area (TPSA) is 52.5 Å². The molecule has 0 saturated heterocycles. The van der Waals surface area contributed by atoms with E-state index in [1.165, 1.54) is 6.08 Å². The largest absolute Gasteiger partial charge is 0.512 e. The van der Waals surface area contributed by atoms with Crippen LogP contribution in [0.1, 0.15) is 0 Å². The van der Waals surface area contributed by atoms with E-state index in [1.807, 2.05) is 0 Å². The fraction of sp³-hybridized carbons (Fsp3) is 0.333. The van der Waals surface area contributed by atoms with Crippen LogP contribution in [-0.2, 0) is 0 Å². The molecule has 10 heavy (non-hydrogen) atoms. The Kier molecular flexibility index (Phi) is 4.80. The summed E-state index contributed by atoms with van der Waals surface area (Å²) in [7, 11) is 1.73. The van der Waals surface area contributed by atoms with Gasteiger partial charge in [-0.2, -0.15) is 0 Å². The molecule has 0 aromatic carbocycles. The summed E-state index contributed by atoms with van der Waals surface area (Å²) in [5.41, 5.74) is 0. The fourth-order valence-corrected chi connectivity index (χ4v) is 0.663. The number of hydrogen-bond donors (Lipinski definition) is 3. The van der Waals surface area contributed by atoms with Gasteiger partial charge >= 0.3 is 0 Å². The van der Waals surface area contributed by atoms with Crippen molar-refractivity contribution in [3.05, 3.63) is 23.1 Å². The maximum atomic E-state index is 8.68. The zero-order valence-corrected chi connectivity index (χ0v) is 6.39. The molecule has 58 valence electrons. The summed E-state index contributed by atoms with van der Waals surface area (Å²) in [6.45, 7) is 0.472. The molecule has 0 aliphatic rings. The van der Waals surface area contributed by atoms with Gasteiger partial charge in [0.05, 0.1) is 0 Å². The van der Waals surface area contributed by atoms with Crippen molar-refractivity contribution in [3.8, 4) is 0 Å². The second-order valence-corrected chi connectivity index (χ2v) is 2.16. The zero-order valence-electron chi connectivity index (χ0n) is 5.63. The second kappa shape index (κ2) is 5.14. The van der Waals surface area contributed by atoms with E-state index in [0.29, 0.717) is 17.8 Å². The Morgan fingerprint density at radius 3 is 2.70 bits per heavy atom. The number of hydrogen-bond acceptors (Lipinski definition) is 3. The van der Waals surface area contributed by atoms with E-state index < -0.39 is 0 Å². The van der Waals surface area contributed by atoms with Gasteiger partial charge in [0.2, 0.25) is 0 Å². The van der Waals surface area contributed by atoms with Gasteiger partial charge in [-0.3, -0.25) is 0 Å². The molecule has 0 amide bonds. The summed E-state index contributed by atoms with van der Waals surface area (Å²) in [6.07, 6.45) is 1.84. The highest BCUT2D eigenvalue weighted by atomic mass is 35.5. The molecule has 0 rings (SSSR count). The van der Waals surface area contributed by atoms with E-state index in [0.717, 1.165) is 0 Å². The molecule has 0 aromatic heterocycles. The fourth-order valence-electron chi connectivity index (χ4n) is 0.418. The summed E-state index contributed by atoms with van der Waals surface area (Å²) < 4.78 is 0. The Morgan fingerprint density at radius 1 is 1.70 bits per heavy atom. The van der Waals surface area contributed by atoms with E-state index in [-0.39, 0.29) is 5.76 Å². The normalized spacial score (nSPS) is 13.8. The summed E-state index contributed by atoms with van der Waals surface area (Å²) in [5.74, 6) is -0.250. The minimum Gasteiger partial charge on any atom is -0.512 e. The van der Waals surface area contributed by atoms with Crippen LogP contribution in [0.4, 0.5) is 0 Å². The third-order valence-corrected chi connectivity index (χ3v) is 1.03. The highest BCUT2D eigenvalue weighted by Crippen LogP contribution is 2.02. The predicted octanol–water partition coefficient (Wildman–Crippen LogP) is 1.29. The Labute approximate surface area is 64.6 Å². The lowest BCUT2D eigenvalue weighted by molar-refractivity contribution is 0.377. The van der Waals surface area contributed by atoms with Crippen molar-refractivity contribution in [1.82, 2.24) is 5.32 Å². The van der Waals surface area contributed by atoms with E-state index >= 15 is 0 Å². The van der Waals surface area contributed by atoms with Crippen LogP contribution in [-0.4, -0.2) is 23.8 Å². The lowest BCUT2D eigenvalue weighted by Crippen LogP contribution is -2.07. The van der Waals surface area contributed by atoms with Crippen LogP contribution < -0.4 is 5.32 Å². The maximum absolute atomic E-state index is 8.68. The van der Waals surface area contributed by atoms with Crippen molar-refractivity contribution < 1.29 is 10.2 Å². The number of halogens is 1. The third kappa shape index (κ3) is 4.23. The number of rotatable bonds is 3. The quantitative estimate of drug-likeness (QED) is 0.434. The Bertz CT molecular complexity index is 154. The number of allylic oxidation sites excluding steroid dienone is 1. The highest BCUT2D eigenvalue weighted by molar-refractivity contribution is 6.30. The first-order valence-corrected chi connectivity index (χ1v) is 3.12. The molecular weight excluding hydrogens is 154 g/mol. The van der Waals surface area contributed by atoms with Crippen LogP contribution in [0.3, 0.4) is 0 Å². The van der Waals surface area contributed by atoms with Gasteiger partial charge in [0, 0.05) is 11.6 Å². The van der Waals surface area contributed by atoms with E-state index in [4.69, 9.17) is 21.8 Å². The van der Waals surface area contributed by atoms with E-state index in [9.17, 15) is 0 Å². The van der Waals surface area contributed by atoms with Crippen molar-refractivity contribution in [2.24, 2.45) is 0 Å². The van der Waals surface area contributed by atoms with Crippen LogP contribution in [0.2, 0.25) is 0 Å². The molecule has 0 radical (unpaired) electrons. The van der Waals surface area contributed by atoms with Gasteiger partial charge in [0.1, 0.15) is 6.26 Å². The number of nitrogens with one attached hydrogen (secondary N) is 1. The van der Waals surface area contributed by atoms with Crippen molar-refractivity contribution in [2.45, 2.75) is 0 Å². The zero-order chi connectivity index (χ0) is 7.98. The van der Waals surface area contributed by atoms with Crippen molar-refractivity contribution >= 4 is 11.6 Å². The monoisotopic (exact) mass is 163 g/mol. The SMILES string of the molecule is CNC/C(Cl)=C\C(O)=C/O. The van der Waals surface area contributed by atoms with E-state index in [2.05, 4.69) is 5.32 Å². The van der Waals surface area contributed by atoms with Crippen LogP contribution in [0.5, 0.6) is 0 Å². The predicted molar refractivity (Wildman–Crippen MR) is 41.2 cm³/mol. The first-order chi connectivity index (χ1) is 4.70. The van der Waals surface area contributed by atoms with Gasteiger partial charge in [-0.05, 0) is 13.1 Å². The second-order valence-electron chi connectivity index (χ2n) is 1.68. The van der Waals surface area contributed by atoms with Crippen molar-refractivity contribution in [2.75, 3.05) is 13.6 Å². The molecule has 0 fully saturated rings. The first kappa shape index (κ1) is 9.33. The van der Waals surface area contributed by atoms with Crippen LogP contribution in [0.25, 0.3) is 0 Å². The van der Waals surface area contributed by atoms with Gasteiger partial charge in [-0.1, -0.05) is 11.6 Å². The summed E-state index contributed by atoms with van der Waals surface area (Å²) in [4.78, 5) is 0. The lowest BCUT2D eigenvalue weighted by Gasteiger charge is -1.94. The molecule has 0 unspecified atom stereocenters. The first-order valence-electron chi connectivity index (χ1n) is 2.74. The van der Waals surface area contributed by atoms with E-state index in [1.54, 1.807) is 7.05 Å². The average Bonchev–Trinajstić information content (AvgIpc) is 1.88. The summed E-state index contributed by atoms with van der Waals surface area (Å²) in [6, 6.07) is 0. The molecule has 0 heterocycles. The van der Waals surface area contributed by atoms with Gasteiger partial charge in [0.15, 0.2) is 5.76 Å². The standard InChI is InChI=1S/C6H10ClNO2/c1-8-3-5(7)2-6(10)4-9/h2,4,8-10H,3H2,1H3/b5-2+,6-4+. The average molecular weight is 164 g/mol. The number of aliphatic hydroxyl groups is 2. The maximum Gasteiger partial charge on any atom is 0.150 e. The van der Waals surface area contributed by atoms with Gasteiger partial charge in [-0.25, -0.2) is 0 Å². The molecule has 0 bridgehead atoms. The Hall–Kier alpha value is -0.670. The van der Waals surface area contributed by atoms with Crippen LogP contribution in [0, 0.1) is 0 Å². The molecule has 3 N–H and O–H groups in total. The molecular formula is C6H10ClNO2. The summed E-state index contributed by atoms with van der Waals surface area (Å²) in [5, 5.41) is 20.1. The van der Waals surface area contributed by atoms with Crippen LogP contribution >= 0.6 is 11.6 Å². The molecule has 4 heteroatoms. The molecule has 0 saturated carbocycles. The lowest BCUT2D eigenvalue weighted by atomic mass is 10.4. The van der Waals surface area contributed by atoms with Crippen LogP contribution in [0.15, 0.2) is 23.1 Å². The molecule has 0 atom stereocenters.